The van der Waals surface area contributed by atoms with Crippen molar-refractivity contribution in [1.82, 2.24) is 20.6 Å². The third-order valence-corrected chi connectivity index (χ3v) is 4.46. The van der Waals surface area contributed by atoms with Crippen molar-refractivity contribution in [1.29, 1.82) is 0 Å². The average Bonchev–Trinajstić information content (AvgIpc) is 2.54. The number of fused-ring (bicyclic) bond motifs is 1. The van der Waals surface area contributed by atoms with Crippen LogP contribution in [0.3, 0.4) is 0 Å². The lowest BCUT2D eigenvalue weighted by Gasteiger charge is -2.35. The summed E-state index contributed by atoms with van der Waals surface area (Å²) in [5, 5.41) is 10.4. The molecule has 7 nitrogen and oxygen atoms in total. The summed E-state index contributed by atoms with van der Waals surface area (Å²) in [6.45, 7) is 5.96. The molecular formula is C17H23N5O2. The highest BCUT2D eigenvalue weighted by Gasteiger charge is 2.32. The minimum absolute atomic E-state index is 0.0217. The Bertz CT molecular complexity index is 764. The molecule has 1 aromatic heterocycles. The van der Waals surface area contributed by atoms with Gasteiger partial charge >= 0.3 is 0 Å². The maximum atomic E-state index is 12.2. The fourth-order valence-electron chi connectivity index (χ4n) is 3.10. The summed E-state index contributed by atoms with van der Waals surface area (Å²) in [5.41, 5.74) is 1.66. The number of carbonyl (C=O) groups is 1. The normalized spacial score (nSPS) is 23.8. The van der Waals surface area contributed by atoms with Crippen molar-refractivity contribution in [3.05, 3.63) is 23.9 Å². The van der Waals surface area contributed by atoms with Crippen molar-refractivity contribution >= 4 is 22.8 Å². The van der Waals surface area contributed by atoms with E-state index in [1.54, 1.807) is 7.11 Å². The van der Waals surface area contributed by atoms with Crippen LogP contribution in [-0.4, -0.2) is 35.3 Å². The Morgan fingerprint density at radius 2 is 2.12 bits per heavy atom. The van der Waals surface area contributed by atoms with E-state index in [4.69, 9.17) is 4.74 Å². The third-order valence-electron chi connectivity index (χ3n) is 4.46. The van der Waals surface area contributed by atoms with E-state index in [1.165, 1.54) is 0 Å². The number of nitrogens with zero attached hydrogens (tertiary/aromatic N) is 2. The maximum absolute atomic E-state index is 12.2. The van der Waals surface area contributed by atoms with Gasteiger partial charge in [0.25, 0.3) is 0 Å². The van der Waals surface area contributed by atoms with Crippen LogP contribution in [0.5, 0.6) is 5.75 Å². The minimum Gasteiger partial charge on any atom is -0.497 e. The van der Waals surface area contributed by atoms with Crippen LogP contribution in [-0.2, 0) is 4.79 Å². The standard InChI is InChI=1S/C17H23N5O2/c1-5-12-9(2)18-17(21-15(12)23)22-16-19-10(3)13-7-6-11(24-4)8-14(13)20-16/h6-9,12,17-18H,5H2,1-4H3,(H,21,23)(H,19,20,22). The van der Waals surface area contributed by atoms with Crippen LogP contribution < -0.4 is 20.7 Å². The van der Waals surface area contributed by atoms with Gasteiger partial charge in [-0.05, 0) is 32.4 Å². The van der Waals surface area contributed by atoms with Gasteiger partial charge in [-0.25, -0.2) is 9.97 Å². The maximum Gasteiger partial charge on any atom is 0.227 e. The van der Waals surface area contributed by atoms with E-state index < -0.39 is 6.29 Å². The smallest absolute Gasteiger partial charge is 0.227 e. The molecule has 1 aliphatic heterocycles. The first-order valence-corrected chi connectivity index (χ1v) is 8.17. The number of aromatic nitrogens is 2. The first-order chi connectivity index (χ1) is 11.5. The van der Waals surface area contributed by atoms with Gasteiger partial charge in [-0.15, -0.1) is 0 Å². The summed E-state index contributed by atoms with van der Waals surface area (Å²) in [7, 11) is 1.63. The quantitative estimate of drug-likeness (QED) is 0.792. The Morgan fingerprint density at radius 1 is 1.33 bits per heavy atom. The Kier molecular flexibility index (Phi) is 4.53. The van der Waals surface area contributed by atoms with Crippen molar-refractivity contribution in [3.63, 3.8) is 0 Å². The highest BCUT2D eigenvalue weighted by atomic mass is 16.5. The number of rotatable bonds is 4. The molecule has 1 aliphatic rings. The van der Waals surface area contributed by atoms with E-state index in [-0.39, 0.29) is 17.9 Å². The van der Waals surface area contributed by atoms with Gasteiger partial charge in [-0.3, -0.25) is 10.1 Å². The Hall–Kier alpha value is -2.41. The highest BCUT2D eigenvalue weighted by molar-refractivity contribution is 5.83. The van der Waals surface area contributed by atoms with E-state index in [0.29, 0.717) is 5.95 Å². The first kappa shape index (κ1) is 16.4. The number of methoxy groups -OCH3 is 1. The van der Waals surface area contributed by atoms with Gasteiger partial charge in [0.1, 0.15) is 5.75 Å². The van der Waals surface area contributed by atoms with E-state index in [2.05, 4.69) is 25.9 Å². The second-order valence-electron chi connectivity index (χ2n) is 6.07. The molecule has 3 N–H and O–H groups in total. The molecule has 128 valence electrons. The summed E-state index contributed by atoms with van der Waals surface area (Å²) >= 11 is 0. The molecule has 0 saturated carbocycles. The average molecular weight is 329 g/mol. The Labute approximate surface area is 141 Å². The second-order valence-corrected chi connectivity index (χ2v) is 6.07. The van der Waals surface area contributed by atoms with Crippen LogP contribution in [0.2, 0.25) is 0 Å². The predicted molar refractivity (Wildman–Crippen MR) is 92.8 cm³/mol. The zero-order chi connectivity index (χ0) is 17.3. The molecule has 2 aromatic rings. The van der Waals surface area contributed by atoms with Crippen molar-refractivity contribution < 1.29 is 9.53 Å². The lowest BCUT2D eigenvalue weighted by atomic mass is 9.95. The van der Waals surface area contributed by atoms with Gasteiger partial charge < -0.3 is 15.4 Å². The molecule has 0 aliphatic carbocycles. The summed E-state index contributed by atoms with van der Waals surface area (Å²) in [6, 6.07) is 5.80. The lowest BCUT2D eigenvalue weighted by Crippen LogP contribution is -2.63. The molecule has 3 unspecified atom stereocenters. The summed E-state index contributed by atoms with van der Waals surface area (Å²) in [6.07, 6.45) is 0.413. The molecular weight excluding hydrogens is 306 g/mol. The predicted octanol–water partition coefficient (Wildman–Crippen LogP) is 1.78. The van der Waals surface area contributed by atoms with E-state index in [1.807, 2.05) is 39.0 Å². The highest BCUT2D eigenvalue weighted by Crippen LogP contribution is 2.22. The zero-order valence-electron chi connectivity index (χ0n) is 14.4. The van der Waals surface area contributed by atoms with Crippen molar-refractivity contribution in [2.75, 3.05) is 12.4 Å². The number of nitrogens with one attached hydrogen (secondary N) is 3. The molecule has 24 heavy (non-hydrogen) atoms. The van der Waals surface area contributed by atoms with Crippen molar-refractivity contribution in [3.8, 4) is 5.75 Å². The van der Waals surface area contributed by atoms with Gasteiger partial charge in [0.15, 0.2) is 6.29 Å². The third kappa shape index (κ3) is 3.12. The van der Waals surface area contributed by atoms with Gasteiger partial charge in [-0.2, -0.15) is 0 Å². The number of carbonyl (C=O) groups excluding carboxylic acids is 1. The molecule has 3 rings (SSSR count). The molecule has 1 aromatic carbocycles. The molecule has 7 heteroatoms. The molecule has 0 spiro atoms. The van der Waals surface area contributed by atoms with Gasteiger partial charge in [-0.1, -0.05) is 6.92 Å². The molecule has 0 bridgehead atoms. The number of hydrogen-bond donors (Lipinski definition) is 3. The summed E-state index contributed by atoms with van der Waals surface area (Å²) < 4.78 is 5.25. The fourth-order valence-corrected chi connectivity index (χ4v) is 3.10. The molecule has 3 atom stereocenters. The molecule has 1 amide bonds. The number of hydrogen-bond acceptors (Lipinski definition) is 6. The molecule has 2 heterocycles. The summed E-state index contributed by atoms with van der Waals surface area (Å²) in [4.78, 5) is 21.2. The topological polar surface area (TPSA) is 88.2 Å². The van der Waals surface area contributed by atoms with Crippen LogP contribution in [0.15, 0.2) is 18.2 Å². The van der Waals surface area contributed by atoms with E-state index in [9.17, 15) is 4.79 Å². The van der Waals surface area contributed by atoms with Crippen molar-refractivity contribution in [2.24, 2.45) is 5.92 Å². The van der Waals surface area contributed by atoms with Gasteiger partial charge in [0.05, 0.1) is 24.2 Å². The van der Waals surface area contributed by atoms with Crippen LogP contribution in [0.25, 0.3) is 10.9 Å². The van der Waals surface area contributed by atoms with Crippen LogP contribution >= 0.6 is 0 Å². The molecule has 1 saturated heterocycles. The summed E-state index contributed by atoms with van der Waals surface area (Å²) in [5.74, 6) is 1.23. The van der Waals surface area contributed by atoms with Gasteiger partial charge in [0.2, 0.25) is 11.9 Å². The van der Waals surface area contributed by atoms with Crippen LogP contribution in [0.1, 0.15) is 26.0 Å². The minimum atomic E-state index is -0.391. The first-order valence-electron chi connectivity index (χ1n) is 8.17. The number of ether oxygens (including phenoxy) is 1. The number of benzene rings is 1. The van der Waals surface area contributed by atoms with Crippen LogP contribution in [0, 0.1) is 12.8 Å². The SMILES string of the molecule is CCC1C(=O)NC(Nc2nc(C)c3ccc(OC)cc3n2)NC1C. The number of anilines is 1. The second kappa shape index (κ2) is 6.60. The molecule has 1 fully saturated rings. The Morgan fingerprint density at radius 3 is 2.79 bits per heavy atom. The largest absolute Gasteiger partial charge is 0.497 e. The fraction of sp³-hybridized carbons (Fsp3) is 0.471. The number of amides is 1. The van der Waals surface area contributed by atoms with Crippen molar-refractivity contribution in [2.45, 2.75) is 39.5 Å². The van der Waals surface area contributed by atoms with E-state index in [0.717, 1.165) is 28.8 Å². The van der Waals surface area contributed by atoms with Crippen LogP contribution in [0.4, 0.5) is 5.95 Å². The lowest BCUT2D eigenvalue weighted by molar-refractivity contribution is -0.129. The van der Waals surface area contributed by atoms with E-state index >= 15 is 0 Å². The zero-order valence-corrected chi connectivity index (χ0v) is 14.4. The molecule has 0 radical (unpaired) electrons. The van der Waals surface area contributed by atoms with Gasteiger partial charge in [0, 0.05) is 17.5 Å². The monoisotopic (exact) mass is 329 g/mol. The Balaban J connectivity index is 1.84. The number of aryl methyl sites for hydroxylation is 1.